The maximum absolute atomic E-state index is 12.3. The van der Waals surface area contributed by atoms with Gasteiger partial charge in [-0.3, -0.25) is 15.2 Å². The van der Waals surface area contributed by atoms with E-state index >= 15 is 0 Å². The fourth-order valence-corrected chi connectivity index (χ4v) is 3.69. The number of aromatic nitrogens is 1. The van der Waals surface area contributed by atoms with Crippen LogP contribution in [0.2, 0.25) is 0 Å². The van der Waals surface area contributed by atoms with E-state index in [1.807, 2.05) is 25.7 Å². The lowest BCUT2D eigenvalue weighted by molar-refractivity contribution is -0.0498. The summed E-state index contributed by atoms with van der Waals surface area (Å²) in [5.74, 6) is 2.53. The summed E-state index contributed by atoms with van der Waals surface area (Å²) in [6, 6.07) is 7.45. The van der Waals surface area contributed by atoms with Gasteiger partial charge in [0.15, 0.2) is 6.29 Å². The smallest absolute Gasteiger partial charge is 0.387 e. The van der Waals surface area contributed by atoms with Crippen LogP contribution in [-0.2, 0) is 0 Å². The van der Waals surface area contributed by atoms with Gasteiger partial charge in [0.05, 0.1) is 11.4 Å². The number of anilines is 1. The Hall–Kier alpha value is -2.52. The van der Waals surface area contributed by atoms with E-state index in [9.17, 15) is 13.6 Å². The molecule has 2 aromatic rings. The second kappa shape index (κ2) is 11.0. The van der Waals surface area contributed by atoms with Crippen LogP contribution in [0.3, 0.4) is 0 Å². The van der Waals surface area contributed by atoms with Crippen molar-refractivity contribution < 1.29 is 18.3 Å². The van der Waals surface area contributed by atoms with E-state index in [0.717, 1.165) is 0 Å². The number of alkyl halides is 2. The van der Waals surface area contributed by atoms with Crippen LogP contribution in [0.15, 0.2) is 36.5 Å². The fourth-order valence-electron chi connectivity index (χ4n) is 2.59. The molecule has 30 heavy (non-hydrogen) atoms. The van der Waals surface area contributed by atoms with Crippen LogP contribution in [0.5, 0.6) is 5.75 Å². The Balaban J connectivity index is 0.000000386. The van der Waals surface area contributed by atoms with Gasteiger partial charge in [0.2, 0.25) is 0 Å². The SMILES string of the molecule is CCNc1cc(C=O)cnc1C(=N)c1cccc(OC(F)F)c1.CNC1(C)CSC1. The highest BCUT2D eigenvalue weighted by Crippen LogP contribution is 2.27. The fraction of sp³-hybridized carbons (Fsp3) is 0.381. The molecule has 9 heteroatoms. The van der Waals surface area contributed by atoms with Gasteiger partial charge >= 0.3 is 6.61 Å². The number of carbonyl (C=O) groups excluding carboxylic acids is 1. The molecule has 0 spiro atoms. The summed E-state index contributed by atoms with van der Waals surface area (Å²) in [5, 5.41) is 14.6. The van der Waals surface area contributed by atoms with E-state index in [2.05, 4.69) is 27.3 Å². The summed E-state index contributed by atoms with van der Waals surface area (Å²) in [5.41, 5.74) is 2.14. The van der Waals surface area contributed by atoms with Gasteiger partial charge in [-0.15, -0.1) is 0 Å². The molecule has 2 heterocycles. The molecule has 0 aliphatic carbocycles. The van der Waals surface area contributed by atoms with Crippen molar-refractivity contribution >= 4 is 29.4 Å². The zero-order valence-corrected chi connectivity index (χ0v) is 18.0. The predicted octanol–water partition coefficient (Wildman–Crippen LogP) is 4.05. The molecule has 1 saturated heterocycles. The number of rotatable bonds is 8. The topological polar surface area (TPSA) is 87.1 Å². The summed E-state index contributed by atoms with van der Waals surface area (Å²) in [6.07, 6.45) is 2.02. The molecule has 1 aliphatic rings. The molecule has 6 nitrogen and oxygen atoms in total. The second-order valence-electron chi connectivity index (χ2n) is 6.90. The molecule has 1 fully saturated rings. The highest BCUT2D eigenvalue weighted by Gasteiger charge is 2.29. The Labute approximate surface area is 179 Å². The number of carbonyl (C=O) groups is 1. The molecule has 3 rings (SSSR count). The Morgan fingerprint density at radius 1 is 1.40 bits per heavy atom. The van der Waals surface area contributed by atoms with Crippen molar-refractivity contribution in [3.63, 3.8) is 0 Å². The summed E-state index contributed by atoms with van der Waals surface area (Å²) < 4.78 is 28.9. The third-order valence-corrected chi connectivity index (χ3v) is 6.12. The van der Waals surface area contributed by atoms with Gasteiger partial charge in [0, 0.05) is 40.9 Å². The van der Waals surface area contributed by atoms with Crippen LogP contribution < -0.4 is 15.4 Å². The van der Waals surface area contributed by atoms with Gasteiger partial charge in [0.1, 0.15) is 11.4 Å². The van der Waals surface area contributed by atoms with Gasteiger partial charge in [-0.25, -0.2) is 0 Å². The number of benzene rings is 1. The first-order valence-corrected chi connectivity index (χ1v) is 10.6. The largest absolute Gasteiger partial charge is 0.435 e. The van der Waals surface area contributed by atoms with Crippen molar-refractivity contribution in [2.75, 3.05) is 30.4 Å². The molecule has 1 aliphatic heterocycles. The first kappa shape index (κ1) is 23.8. The quantitative estimate of drug-likeness (QED) is 0.427. The number of nitrogens with one attached hydrogen (secondary N) is 3. The number of ether oxygens (including phenoxy) is 1. The Morgan fingerprint density at radius 3 is 2.63 bits per heavy atom. The van der Waals surface area contributed by atoms with Crippen molar-refractivity contribution in [3.05, 3.63) is 53.3 Å². The standard InChI is InChI=1S/C16H15F2N3O2.C5H11NS/c1-2-20-13-6-10(9-22)8-21-15(13)14(19)11-4-3-5-12(7-11)23-16(17)18;1-5(6-2)3-7-4-5/h3-9,16,19-20H,2H2,1H3;6H,3-4H2,1-2H3. The third-order valence-electron chi connectivity index (χ3n) is 4.44. The van der Waals surface area contributed by atoms with Crippen molar-refractivity contribution in [1.82, 2.24) is 10.3 Å². The van der Waals surface area contributed by atoms with E-state index in [1.165, 1.54) is 35.9 Å². The first-order valence-electron chi connectivity index (χ1n) is 9.41. The Bertz CT molecular complexity index is 870. The molecule has 1 aromatic heterocycles. The average molecular weight is 437 g/mol. The second-order valence-corrected chi connectivity index (χ2v) is 7.88. The maximum atomic E-state index is 12.3. The minimum atomic E-state index is -2.93. The van der Waals surface area contributed by atoms with E-state index in [0.29, 0.717) is 40.9 Å². The molecule has 0 unspecified atom stereocenters. The number of halogens is 2. The number of thioether (sulfide) groups is 1. The van der Waals surface area contributed by atoms with Crippen molar-refractivity contribution in [2.24, 2.45) is 0 Å². The number of hydrogen-bond acceptors (Lipinski definition) is 7. The first-order chi connectivity index (χ1) is 14.3. The summed E-state index contributed by atoms with van der Waals surface area (Å²) in [6.45, 7) is 1.78. The molecule has 0 saturated carbocycles. The minimum Gasteiger partial charge on any atom is -0.435 e. The summed E-state index contributed by atoms with van der Waals surface area (Å²) in [7, 11) is 2.03. The van der Waals surface area contributed by atoms with Crippen molar-refractivity contribution in [1.29, 1.82) is 5.41 Å². The van der Waals surface area contributed by atoms with Gasteiger partial charge in [-0.05, 0) is 39.1 Å². The molecule has 0 bridgehead atoms. The van der Waals surface area contributed by atoms with Crippen LogP contribution in [0.25, 0.3) is 0 Å². The van der Waals surface area contributed by atoms with Crippen LogP contribution in [0.1, 0.15) is 35.5 Å². The van der Waals surface area contributed by atoms with Gasteiger partial charge in [0.25, 0.3) is 0 Å². The number of aldehydes is 1. The van der Waals surface area contributed by atoms with Crippen LogP contribution in [-0.4, -0.2) is 54.2 Å². The number of hydrogen-bond donors (Lipinski definition) is 3. The highest BCUT2D eigenvalue weighted by molar-refractivity contribution is 8.00. The highest BCUT2D eigenvalue weighted by atomic mass is 32.2. The normalized spacial score (nSPS) is 14.2. The van der Waals surface area contributed by atoms with E-state index in [1.54, 1.807) is 12.1 Å². The molecule has 3 N–H and O–H groups in total. The number of pyridine rings is 1. The maximum Gasteiger partial charge on any atom is 0.387 e. The van der Waals surface area contributed by atoms with E-state index in [-0.39, 0.29) is 11.5 Å². The molecule has 0 atom stereocenters. The van der Waals surface area contributed by atoms with Crippen LogP contribution >= 0.6 is 11.8 Å². The molecule has 0 radical (unpaired) electrons. The molecular weight excluding hydrogens is 410 g/mol. The van der Waals surface area contributed by atoms with E-state index in [4.69, 9.17) is 5.41 Å². The van der Waals surface area contributed by atoms with Gasteiger partial charge < -0.3 is 15.4 Å². The summed E-state index contributed by atoms with van der Waals surface area (Å²) >= 11 is 2.01. The average Bonchev–Trinajstić information content (AvgIpc) is 2.72. The monoisotopic (exact) mass is 436 g/mol. The van der Waals surface area contributed by atoms with Crippen LogP contribution in [0, 0.1) is 5.41 Å². The lowest BCUT2D eigenvalue weighted by Crippen LogP contribution is -2.51. The zero-order chi connectivity index (χ0) is 22.1. The molecule has 162 valence electrons. The minimum absolute atomic E-state index is 0.0308. The van der Waals surface area contributed by atoms with Crippen LogP contribution in [0.4, 0.5) is 14.5 Å². The van der Waals surface area contributed by atoms with Gasteiger partial charge in [-0.1, -0.05) is 12.1 Å². The molecule has 1 aromatic carbocycles. The third kappa shape index (κ3) is 6.50. The van der Waals surface area contributed by atoms with Crippen molar-refractivity contribution in [3.8, 4) is 5.75 Å². The molecular formula is C21H26F2N4O2S. The van der Waals surface area contributed by atoms with Crippen molar-refractivity contribution in [2.45, 2.75) is 26.0 Å². The van der Waals surface area contributed by atoms with E-state index < -0.39 is 6.61 Å². The lowest BCUT2D eigenvalue weighted by atomic mass is 10.0. The predicted molar refractivity (Wildman–Crippen MR) is 118 cm³/mol. The van der Waals surface area contributed by atoms with Gasteiger partial charge in [-0.2, -0.15) is 20.5 Å². The lowest BCUT2D eigenvalue weighted by Gasteiger charge is -2.37. The summed E-state index contributed by atoms with van der Waals surface area (Å²) in [4.78, 5) is 15.0. The Kier molecular flexibility index (Phi) is 8.73. The molecule has 0 amide bonds. The number of nitrogens with zero attached hydrogens (tertiary/aromatic N) is 1. The zero-order valence-electron chi connectivity index (χ0n) is 17.2. The Morgan fingerprint density at radius 2 is 2.13 bits per heavy atom.